The van der Waals surface area contributed by atoms with E-state index in [1.54, 1.807) is 32.4 Å². The maximum absolute atomic E-state index is 12.5. The minimum Gasteiger partial charge on any atom is -0.497 e. The summed E-state index contributed by atoms with van der Waals surface area (Å²) < 4.78 is 21.6. The van der Waals surface area contributed by atoms with Gasteiger partial charge in [0, 0.05) is 5.70 Å². The number of urea groups is 1. The topological polar surface area (TPSA) is 95.1 Å². The number of nitrogens with one attached hydrogen (secondary N) is 2. The largest absolute Gasteiger partial charge is 0.497 e. The standard InChI is InChI=1S/C24H28N2O6/c1-5-6-18-21(23(27)31-4)22(26-24(28)25-18)16-9-12-19(20(13-16)30-3)32-14-15-7-10-17(29-2)11-8-15/h7-13,22H,5-6,14H2,1-4H3,(H2,25,26,28). The zero-order valence-corrected chi connectivity index (χ0v) is 18.7. The van der Waals surface area contributed by atoms with Gasteiger partial charge >= 0.3 is 12.0 Å². The van der Waals surface area contributed by atoms with Gasteiger partial charge in [0.15, 0.2) is 11.5 Å². The molecule has 8 heteroatoms. The van der Waals surface area contributed by atoms with Crippen LogP contribution in [-0.2, 0) is 16.1 Å². The first-order valence-corrected chi connectivity index (χ1v) is 10.3. The van der Waals surface area contributed by atoms with Gasteiger partial charge in [-0.3, -0.25) is 0 Å². The maximum Gasteiger partial charge on any atom is 0.337 e. The van der Waals surface area contributed by atoms with E-state index in [0.29, 0.717) is 41.4 Å². The van der Waals surface area contributed by atoms with Crippen molar-refractivity contribution in [2.24, 2.45) is 0 Å². The molecule has 1 unspecified atom stereocenters. The average molecular weight is 440 g/mol. The van der Waals surface area contributed by atoms with Crippen LogP contribution in [0.3, 0.4) is 0 Å². The molecule has 0 saturated heterocycles. The molecule has 0 fully saturated rings. The second kappa shape index (κ2) is 10.6. The quantitative estimate of drug-likeness (QED) is 0.575. The molecule has 2 aromatic carbocycles. The van der Waals surface area contributed by atoms with Crippen LogP contribution in [-0.4, -0.2) is 33.3 Å². The number of methoxy groups -OCH3 is 3. The number of hydrogen-bond donors (Lipinski definition) is 2. The minimum atomic E-state index is -0.665. The van der Waals surface area contributed by atoms with E-state index in [2.05, 4.69) is 10.6 Å². The van der Waals surface area contributed by atoms with Crippen molar-refractivity contribution in [1.82, 2.24) is 10.6 Å². The van der Waals surface area contributed by atoms with Crippen LogP contribution in [0.1, 0.15) is 36.9 Å². The normalized spacial score (nSPS) is 15.5. The summed E-state index contributed by atoms with van der Waals surface area (Å²) >= 11 is 0. The van der Waals surface area contributed by atoms with Gasteiger partial charge in [-0.1, -0.05) is 31.5 Å². The van der Waals surface area contributed by atoms with E-state index in [4.69, 9.17) is 18.9 Å². The van der Waals surface area contributed by atoms with Crippen LogP contribution in [0.5, 0.6) is 17.2 Å². The third kappa shape index (κ3) is 5.14. The third-order valence-corrected chi connectivity index (χ3v) is 5.13. The highest BCUT2D eigenvalue weighted by Gasteiger charge is 2.33. The lowest BCUT2D eigenvalue weighted by atomic mass is 9.93. The Morgan fingerprint density at radius 3 is 2.38 bits per heavy atom. The molecule has 0 aliphatic carbocycles. The Balaban J connectivity index is 1.87. The van der Waals surface area contributed by atoms with E-state index in [9.17, 15) is 9.59 Å². The maximum atomic E-state index is 12.5. The number of rotatable bonds is 9. The average Bonchev–Trinajstić information content (AvgIpc) is 2.82. The summed E-state index contributed by atoms with van der Waals surface area (Å²) in [5, 5.41) is 5.54. The van der Waals surface area contributed by atoms with Crippen LogP contribution < -0.4 is 24.8 Å². The molecule has 3 rings (SSSR count). The molecular formula is C24H28N2O6. The summed E-state index contributed by atoms with van der Waals surface area (Å²) in [6, 6.07) is 11.9. The monoisotopic (exact) mass is 440 g/mol. The van der Waals surface area contributed by atoms with Crippen LogP contribution >= 0.6 is 0 Å². The van der Waals surface area contributed by atoms with E-state index >= 15 is 0 Å². The number of carbonyl (C=O) groups excluding carboxylic acids is 2. The number of hydrogen-bond acceptors (Lipinski definition) is 6. The fourth-order valence-electron chi connectivity index (χ4n) is 3.53. The van der Waals surface area contributed by atoms with Crippen molar-refractivity contribution in [1.29, 1.82) is 0 Å². The molecule has 0 saturated carbocycles. The van der Waals surface area contributed by atoms with Crippen LogP contribution in [0.25, 0.3) is 0 Å². The molecule has 0 aromatic heterocycles. The Bertz CT molecular complexity index is 1000. The van der Waals surface area contributed by atoms with Crippen molar-refractivity contribution in [3.05, 3.63) is 64.9 Å². The van der Waals surface area contributed by atoms with Gasteiger partial charge in [0.2, 0.25) is 0 Å². The van der Waals surface area contributed by atoms with Gasteiger partial charge in [0.25, 0.3) is 0 Å². The highest BCUT2D eigenvalue weighted by atomic mass is 16.5. The summed E-state index contributed by atoms with van der Waals surface area (Å²) in [4.78, 5) is 24.8. The van der Waals surface area contributed by atoms with Gasteiger partial charge in [-0.25, -0.2) is 9.59 Å². The molecule has 2 aromatic rings. The summed E-state index contributed by atoms with van der Waals surface area (Å²) in [5.41, 5.74) is 2.60. The molecule has 0 radical (unpaired) electrons. The number of amides is 2. The molecule has 8 nitrogen and oxygen atoms in total. The SMILES string of the molecule is CCCC1=C(C(=O)OC)C(c2ccc(OCc3ccc(OC)cc3)c(OC)c2)NC(=O)N1. The van der Waals surface area contributed by atoms with Crippen LogP contribution in [0, 0.1) is 0 Å². The number of carbonyl (C=O) groups is 2. The van der Waals surface area contributed by atoms with E-state index in [-0.39, 0.29) is 6.03 Å². The lowest BCUT2D eigenvalue weighted by Gasteiger charge is -2.29. The molecule has 1 atom stereocenters. The Hall–Kier alpha value is -3.68. The van der Waals surface area contributed by atoms with E-state index in [1.165, 1.54) is 7.11 Å². The number of benzene rings is 2. The first-order chi connectivity index (χ1) is 15.5. The molecule has 1 aliphatic rings. The Kier molecular flexibility index (Phi) is 7.59. The molecule has 0 bridgehead atoms. The van der Waals surface area contributed by atoms with Crippen LogP contribution in [0.2, 0.25) is 0 Å². The van der Waals surface area contributed by atoms with Crippen LogP contribution in [0.15, 0.2) is 53.7 Å². The van der Waals surface area contributed by atoms with Crippen molar-refractivity contribution in [2.45, 2.75) is 32.4 Å². The molecule has 2 amide bonds. The Morgan fingerprint density at radius 1 is 1.00 bits per heavy atom. The first kappa shape index (κ1) is 23.0. The summed E-state index contributed by atoms with van der Waals surface area (Å²) in [6.07, 6.45) is 1.32. The van der Waals surface area contributed by atoms with Gasteiger partial charge in [-0.05, 0) is 41.8 Å². The zero-order valence-electron chi connectivity index (χ0n) is 18.7. The zero-order chi connectivity index (χ0) is 23.1. The summed E-state index contributed by atoms with van der Waals surface area (Å²) in [6.45, 7) is 2.32. The molecular weight excluding hydrogens is 412 g/mol. The Labute approximate surface area is 187 Å². The van der Waals surface area contributed by atoms with E-state index in [1.807, 2.05) is 31.2 Å². The molecule has 0 spiro atoms. The Morgan fingerprint density at radius 2 is 1.75 bits per heavy atom. The molecule has 2 N–H and O–H groups in total. The smallest absolute Gasteiger partial charge is 0.337 e. The lowest BCUT2D eigenvalue weighted by molar-refractivity contribution is -0.136. The van der Waals surface area contributed by atoms with Crippen molar-refractivity contribution in [2.75, 3.05) is 21.3 Å². The molecule has 170 valence electrons. The van der Waals surface area contributed by atoms with E-state index < -0.39 is 12.0 Å². The highest BCUT2D eigenvalue weighted by molar-refractivity contribution is 5.95. The fraction of sp³-hybridized carbons (Fsp3) is 0.333. The van der Waals surface area contributed by atoms with E-state index in [0.717, 1.165) is 17.7 Å². The van der Waals surface area contributed by atoms with Gasteiger partial charge < -0.3 is 29.6 Å². The first-order valence-electron chi connectivity index (χ1n) is 10.3. The number of allylic oxidation sites excluding steroid dienone is 1. The van der Waals surface area contributed by atoms with Crippen molar-refractivity contribution in [3.63, 3.8) is 0 Å². The van der Waals surface area contributed by atoms with Crippen molar-refractivity contribution in [3.8, 4) is 17.2 Å². The predicted molar refractivity (Wildman–Crippen MR) is 119 cm³/mol. The summed E-state index contributed by atoms with van der Waals surface area (Å²) in [7, 11) is 4.48. The van der Waals surface area contributed by atoms with Crippen molar-refractivity contribution < 1.29 is 28.5 Å². The van der Waals surface area contributed by atoms with Crippen LogP contribution in [0.4, 0.5) is 4.79 Å². The van der Waals surface area contributed by atoms with Gasteiger partial charge in [-0.15, -0.1) is 0 Å². The van der Waals surface area contributed by atoms with Gasteiger partial charge in [0.05, 0.1) is 32.9 Å². The van der Waals surface area contributed by atoms with Gasteiger partial charge in [0.1, 0.15) is 12.4 Å². The fourth-order valence-corrected chi connectivity index (χ4v) is 3.53. The summed E-state index contributed by atoms with van der Waals surface area (Å²) in [5.74, 6) is 1.32. The molecule has 1 heterocycles. The second-order valence-corrected chi connectivity index (χ2v) is 7.21. The number of ether oxygens (including phenoxy) is 4. The molecule has 1 aliphatic heterocycles. The predicted octanol–water partition coefficient (Wildman–Crippen LogP) is 3.86. The molecule has 32 heavy (non-hydrogen) atoms. The highest BCUT2D eigenvalue weighted by Crippen LogP contribution is 2.35. The van der Waals surface area contributed by atoms with Crippen molar-refractivity contribution >= 4 is 12.0 Å². The minimum absolute atomic E-state index is 0.345. The second-order valence-electron chi connectivity index (χ2n) is 7.21. The lowest BCUT2D eigenvalue weighted by Crippen LogP contribution is -2.45. The number of esters is 1. The van der Waals surface area contributed by atoms with Gasteiger partial charge in [-0.2, -0.15) is 0 Å². The third-order valence-electron chi connectivity index (χ3n) is 5.13.